The van der Waals surface area contributed by atoms with Crippen molar-refractivity contribution in [2.24, 2.45) is 4.99 Å². The van der Waals surface area contributed by atoms with Crippen LogP contribution in [0.25, 0.3) is 6.08 Å². The number of amides is 1. The highest BCUT2D eigenvalue weighted by atomic mass is 32.2. The van der Waals surface area contributed by atoms with E-state index in [9.17, 15) is 4.79 Å². The predicted octanol–water partition coefficient (Wildman–Crippen LogP) is 4.25. The fourth-order valence-corrected chi connectivity index (χ4v) is 3.54. The van der Waals surface area contributed by atoms with Crippen molar-refractivity contribution in [2.45, 2.75) is 6.92 Å². The summed E-state index contributed by atoms with van der Waals surface area (Å²) < 4.78 is 10.7. The van der Waals surface area contributed by atoms with Crippen LogP contribution in [-0.2, 0) is 4.79 Å². The van der Waals surface area contributed by atoms with Crippen molar-refractivity contribution in [3.05, 3.63) is 58.5 Å². The molecule has 0 aromatic heterocycles. The van der Waals surface area contributed by atoms with E-state index in [0.29, 0.717) is 21.6 Å². The molecule has 5 nitrogen and oxygen atoms in total. The van der Waals surface area contributed by atoms with Gasteiger partial charge < -0.3 is 9.47 Å². The molecule has 0 spiro atoms. The first-order valence-corrected chi connectivity index (χ1v) is 8.89. The van der Waals surface area contributed by atoms with Gasteiger partial charge in [-0.3, -0.25) is 9.69 Å². The second-order valence-electron chi connectivity index (χ2n) is 5.77. The van der Waals surface area contributed by atoms with Crippen molar-refractivity contribution in [3.8, 4) is 11.5 Å². The van der Waals surface area contributed by atoms with Gasteiger partial charge in [-0.05, 0) is 60.2 Å². The number of ether oxygens (including phenoxy) is 2. The van der Waals surface area contributed by atoms with Crippen LogP contribution in [0.5, 0.6) is 11.5 Å². The van der Waals surface area contributed by atoms with Gasteiger partial charge in [-0.25, -0.2) is 4.99 Å². The molecule has 1 aliphatic heterocycles. The maximum absolute atomic E-state index is 12.6. The Labute approximate surface area is 157 Å². The third-order valence-corrected chi connectivity index (χ3v) is 5.10. The number of methoxy groups -OCH3 is 2. The largest absolute Gasteiger partial charge is 0.493 e. The Morgan fingerprint density at radius 3 is 2.38 bits per heavy atom. The third-order valence-electron chi connectivity index (χ3n) is 4.04. The number of carbonyl (C=O) groups excluding carboxylic acids is 1. The van der Waals surface area contributed by atoms with Crippen LogP contribution in [0.1, 0.15) is 11.1 Å². The molecule has 0 N–H and O–H groups in total. The predicted molar refractivity (Wildman–Crippen MR) is 106 cm³/mol. The van der Waals surface area contributed by atoms with Crippen molar-refractivity contribution in [2.75, 3.05) is 21.3 Å². The molecule has 26 heavy (non-hydrogen) atoms. The van der Waals surface area contributed by atoms with E-state index in [2.05, 4.69) is 4.99 Å². The first kappa shape index (κ1) is 18.1. The Kier molecular flexibility index (Phi) is 5.32. The van der Waals surface area contributed by atoms with Gasteiger partial charge in [0.05, 0.1) is 24.8 Å². The molecule has 0 atom stereocenters. The van der Waals surface area contributed by atoms with E-state index < -0.39 is 0 Å². The average molecular weight is 368 g/mol. The van der Waals surface area contributed by atoms with Gasteiger partial charge in [-0.2, -0.15) is 0 Å². The minimum atomic E-state index is -0.0705. The summed E-state index contributed by atoms with van der Waals surface area (Å²) in [6, 6.07) is 13.4. The molecule has 0 aliphatic carbocycles. The second kappa shape index (κ2) is 7.66. The van der Waals surface area contributed by atoms with E-state index in [1.165, 1.54) is 11.8 Å². The van der Waals surface area contributed by atoms with Gasteiger partial charge in [-0.1, -0.05) is 18.2 Å². The maximum atomic E-state index is 12.6. The molecule has 0 radical (unpaired) electrons. The van der Waals surface area contributed by atoms with E-state index >= 15 is 0 Å². The van der Waals surface area contributed by atoms with Gasteiger partial charge in [0.15, 0.2) is 16.7 Å². The van der Waals surface area contributed by atoms with Gasteiger partial charge in [0, 0.05) is 7.05 Å². The highest BCUT2D eigenvalue weighted by molar-refractivity contribution is 8.18. The lowest BCUT2D eigenvalue weighted by molar-refractivity contribution is -0.121. The summed E-state index contributed by atoms with van der Waals surface area (Å²) in [5.41, 5.74) is 2.73. The standard InChI is InChI=1S/C20H20N2O3S/c1-13-10-16(24-3)17(25-4)11-14(13)12-18-19(23)22(2)20(26-18)21-15-8-6-5-7-9-15/h5-12H,1-4H3/b18-12-,21-20?. The number of likely N-dealkylation sites (N-methyl/N-ethyl adjacent to an activating group) is 1. The Morgan fingerprint density at radius 1 is 1.08 bits per heavy atom. The quantitative estimate of drug-likeness (QED) is 0.757. The maximum Gasteiger partial charge on any atom is 0.266 e. The van der Waals surface area contributed by atoms with E-state index in [1.807, 2.05) is 55.5 Å². The number of nitrogens with zero attached hydrogens (tertiary/aromatic N) is 2. The summed E-state index contributed by atoms with van der Waals surface area (Å²) in [6.45, 7) is 1.97. The summed E-state index contributed by atoms with van der Waals surface area (Å²) in [6.07, 6.45) is 1.87. The monoisotopic (exact) mass is 368 g/mol. The molecule has 1 amide bonds. The van der Waals surface area contributed by atoms with E-state index in [1.54, 1.807) is 26.2 Å². The van der Waals surface area contributed by atoms with Gasteiger partial charge in [0.1, 0.15) is 0 Å². The molecule has 0 bridgehead atoms. The molecule has 6 heteroatoms. The van der Waals surface area contributed by atoms with Crippen LogP contribution in [0.2, 0.25) is 0 Å². The summed E-state index contributed by atoms with van der Waals surface area (Å²) in [4.78, 5) is 19.4. The molecule has 134 valence electrons. The van der Waals surface area contributed by atoms with Crippen molar-refractivity contribution in [3.63, 3.8) is 0 Å². The minimum Gasteiger partial charge on any atom is -0.493 e. The first-order chi connectivity index (χ1) is 12.5. The van der Waals surface area contributed by atoms with Crippen molar-refractivity contribution < 1.29 is 14.3 Å². The smallest absolute Gasteiger partial charge is 0.266 e. The average Bonchev–Trinajstić information content (AvgIpc) is 2.91. The van der Waals surface area contributed by atoms with Crippen LogP contribution in [-0.4, -0.2) is 37.2 Å². The number of benzene rings is 2. The molecule has 3 rings (SSSR count). The van der Waals surface area contributed by atoms with E-state index in [0.717, 1.165) is 16.8 Å². The summed E-state index contributed by atoms with van der Waals surface area (Å²) >= 11 is 1.36. The number of amidine groups is 1. The van der Waals surface area contributed by atoms with Crippen LogP contribution in [0.4, 0.5) is 5.69 Å². The number of aryl methyl sites for hydroxylation is 1. The van der Waals surface area contributed by atoms with E-state index in [-0.39, 0.29) is 5.91 Å². The van der Waals surface area contributed by atoms with Crippen LogP contribution in [0, 0.1) is 6.92 Å². The van der Waals surface area contributed by atoms with Crippen molar-refractivity contribution in [1.82, 2.24) is 4.90 Å². The highest BCUT2D eigenvalue weighted by Gasteiger charge is 2.30. The molecule has 2 aromatic rings. The molecule has 1 heterocycles. The molecule has 1 fully saturated rings. The number of hydrogen-bond donors (Lipinski definition) is 0. The zero-order valence-corrected chi connectivity index (χ0v) is 16.0. The lowest BCUT2D eigenvalue weighted by atomic mass is 10.1. The SMILES string of the molecule is COc1cc(C)c(/C=C2\SC(=Nc3ccccc3)N(C)C2=O)cc1OC. The fourth-order valence-electron chi connectivity index (χ4n) is 2.56. The summed E-state index contributed by atoms with van der Waals surface area (Å²) in [5, 5.41) is 0.658. The van der Waals surface area contributed by atoms with Gasteiger partial charge in [0.2, 0.25) is 0 Å². The zero-order chi connectivity index (χ0) is 18.7. The first-order valence-electron chi connectivity index (χ1n) is 8.07. The lowest BCUT2D eigenvalue weighted by Gasteiger charge is -2.11. The van der Waals surface area contributed by atoms with Gasteiger partial charge in [0.25, 0.3) is 5.91 Å². The number of carbonyl (C=O) groups is 1. The minimum absolute atomic E-state index is 0.0705. The molecular weight excluding hydrogens is 348 g/mol. The number of aliphatic imine (C=N–C) groups is 1. The Hall–Kier alpha value is -2.73. The normalized spacial score (nSPS) is 17.2. The number of para-hydroxylation sites is 1. The van der Waals surface area contributed by atoms with Gasteiger partial charge in [-0.15, -0.1) is 0 Å². The number of rotatable bonds is 4. The molecule has 2 aromatic carbocycles. The second-order valence-corrected chi connectivity index (χ2v) is 6.78. The fraction of sp³-hybridized carbons (Fsp3) is 0.200. The molecular formula is C20H20N2O3S. The third kappa shape index (κ3) is 3.60. The Balaban J connectivity index is 1.95. The Bertz CT molecular complexity index is 891. The molecule has 1 aliphatic rings. The number of thioether (sulfide) groups is 1. The van der Waals surface area contributed by atoms with Crippen LogP contribution >= 0.6 is 11.8 Å². The molecule has 0 unspecified atom stereocenters. The topological polar surface area (TPSA) is 51.1 Å². The summed E-state index contributed by atoms with van der Waals surface area (Å²) in [7, 11) is 4.93. The van der Waals surface area contributed by atoms with Crippen LogP contribution in [0.3, 0.4) is 0 Å². The highest BCUT2D eigenvalue weighted by Crippen LogP contribution is 2.36. The van der Waals surface area contributed by atoms with Crippen molar-refractivity contribution in [1.29, 1.82) is 0 Å². The van der Waals surface area contributed by atoms with Gasteiger partial charge >= 0.3 is 0 Å². The molecule has 1 saturated heterocycles. The summed E-state index contributed by atoms with van der Waals surface area (Å²) in [5.74, 6) is 1.23. The number of hydrogen-bond acceptors (Lipinski definition) is 5. The van der Waals surface area contributed by atoms with Crippen LogP contribution < -0.4 is 9.47 Å². The van der Waals surface area contributed by atoms with Crippen molar-refractivity contribution >= 4 is 34.6 Å². The Morgan fingerprint density at radius 2 is 1.73 bits per heavy atom. The zero-order valence-electron chi connectivity index (χ0n) is 15.1. The molecule has 0 saturated carbocycles. The van der Waals surface area contributed by atoms with Crippen LogP contribution in [0.15, 0.2) is 52.4 Å². The lowest BCUT2D eigenvalue weighted by Crippen LogP contribution is -2.23. The van der Waals surface area contributed by atoms with E-state index in [4.69, 9.17) is 9.47 Å².